The van der Waals surface area contributed by atoms with Gasteiger partial charge in [0.25, 0.3) is 10.0 Å². The van der Waals surface area contributed by atoms with Crippen LogP contribution in [0.4, 0.5) is 18.9 Å². The van der Waals surface area contributed by atoms with Crippen molar-refractivity contribution < 1.29 is 35.7 Å². The van der Waals surface area contributed by atoms with Crippen molar-refractivity contribution in [1.29, 1.82) is 0 Å². The van der Waals surface area contributed by atoms with E-state index in [2.05, 4.69) is 4.72 Å². The molecule has 0 radical (unpaired) electrons. The summed E-state index contributed by atoms with van der Waals surface area (Å²) in [5.41, 5.74) is -1.58. The molecule has 2 rings (SSSR count). The molecule has 0 heterocycles. The van der Waals surface area contributed by atoms with E-state index in [0.29, 0.717) is 6.07 Å². The average Bonchev–Trinajstić information content (AvgIpc) is 2.60. The van der Waals surface area contributed by atoms with Gasteiger partial charge < -0.3 is 5.11 Å². The maximum Gasteiger partial charge on any atom is 0.417 e. The van der Waals surface area contributed by atoms with Gasteiger partial charge in [0.05, 0.1) is 42.8 Å². The molecule has 2 aromatic carbocycles. The molecule has 0 fully saturated rings. The minimum absolute atomic E-state index is 0.0619. The van der Waals surface area contributed by atoms with E-state index in [0.717, 1.165) is 18.2 Å². The number of rotatable bonds is 7. The second kappa shape index (κ2) is 9.13. The lowest BCUT2D eigenvalue weighted by Crippen LogP contribution is -2.19. The van der Waals surface area contributed by atoms with E-state index >= 15 is 0 Å². The summed E-state index contributed by atoms with van der Waals surface area (Å²) in [5.74, 6) is -2.50. The maximum atomic E-state index is 13.0. The molecule has 0 saturated heterocycles. The van der Waals surface area contributed by atoms with Gasteiger partial charge in [-0.3, -0.25) is 13.7 Å². The summed E-state index contributed by atoms with van der Waals surface area (Å²) in [6.07, 6.45) is -4.88. The monoisotopic (exact) mass is 503 g/mol. The number of alkyl halides is 3. The van der Waals surface area contributed by atoms with Crippen molar-refractivity contribution in [2.75, 3.05) is 10.5 Å². The Morgan fingerprint density at radius 2 is 1.83 bits per heavy atom. The van der Waals surface area contributed by atoms with Gasteiger partial charge in [-0.1, -0.05) is 30.1 Å². The van der Waals surface area contributed by atoms with Gasteiger partial charge >= 0.3 is 12.1 Å². The van der Waals surface area contributed by atoms with Crippen LogP contribution in [-0.2, 0) is 31.8 Å². The van der Waals surface area contributed by atoms with Gasteiger partial charge in [-0.05, 0) is 36.4 Å². The van der Waals surface area contributed by atoms with Crippen molar-refractivity contribution in [2.24, 2.45) is 5.92 Å². The first kappa shape index (κ1) is 24.4. The Labute approximate surface area is 182 Å². The zero-order valence-electron chi connectivity index (χ0n) is 15.0. The molecule has 2 N–H and O–H groups in total. The Morgan fingerprint density at radius 3 is 2.40 bits per heavy atom. The van der Waals surface area contributed by atoms with Crippen LogP contribution in [0.5, 0.6) is 0 Å². The van der Waals surface area contributed by atoms with Gasteiger partial charge in [0.2, 0.25) is 0 Å². The number of aliphatic carboxylic acids is 1. The number of carboxylic acids is 1. The molecule has 2 aromatic rings. The number of hydrogen-bond acceptors (Lipinski definition) is 4. The summed E-state index contributed by atoms with van der Waals surface area (Å²) in [5, 5.41) is 8.36. The van der Waals surface area contributed by atoms with E-state index in [-0.39, 0.29) is 21.4 Å². The van der Waals surface area contributed by atoms with Crippen LogP contribution in [0.1, 0.15) is 12.5 Å². The normalized spacial score (nSPS) is 14.2. The Bertz CT molecular complexity index is 1110. The van der Waals surface area contributed by atoms with Crippen LogP contribution in [0.25, 0.3) is 0 Å². The molecule has 6 nitrogen and oxygen atoms in total. The third-order valence-electron chi connectivity index (χ3n) is 3.81. The van der Waals surface area contributed by atoms with Crippen LogP contribution in [0.3, 0.4) is 0 Å². The number of hydrogen-bond donors (Lipinski definition) is 2. The molecule has 0 aromatic heterocycles. The second-order valence-corrected chi connectivity index (χ2v) is 10.1. The molecule has 2 atom stereocenters. The molecule has 0 saturated carbocycles. The van der Waals surface area contributed by atoms with Crippen LogP contribution in [0.2, 0.25) is 10.0 Å². The highest BCUT2D eigenvalue weighted by Crippen LogP contribution is 2.36. The fraction of sp³-hybridized carbons (Fsp3) is 0.235. The van der Waals surface area contributed by atoms with Crippen molar-refractivity contribution in [3.05, 3.63) is 52.0 Å². The summed E-state index contributed by atoms with van der Waals surface area (Å²) >= 11 is 11.4. The summed E-state index contributed by atoms with van der Waals surface area (Å²) in [6.45, 7) is 1.33. The lowest BCUT2D eigenvalue weighted by molar-refractivity contribution is -0.140. The fourth-order valence-electron chi connectivity index (χ4n) is 2.26. The van der Waals surface area contributed by atoms with Crippen molar-refractivity contribution in [3.63, 3.8) is 0 Å². The summed E-state index contributed by atoms with van der Waals surface area (Å²) in [4.78, 5) is 10.2. The standard InChI is InChI=1S/C17H14Cl2F3NO5S2/c1-9(16(24)25)8-29(26)15-5-2-10(18)6-14(15)23-30(27,28)11-3-4-13(19)12(7-11)17(20,21)22/h2-7,9,23H,8H2,1H3,(H,24,25). The van der Waals surface area contributed by atoms with Crippen LogP contribution < -0.4 is 4.72 Å². The summed E-state index contributed by atoms with van der Waals surface area (Å²) < 4.78 is 79.1. The predicted molar refractivity (Wildman–Crippen MR) is 107 cm³/mol. The summed E-state index contributed by atoms with van der Waals surface area (Å²) in [7, 11) is -6.48. The average molecular weight is 504 g/mol. The Balaban J connectivity index is 2.46. The number of carboxylic acid groups (broad SMARTS) is 1. The van der Waals surface area contributed by atoms with Crippen LogP contribution >= 0.6 is 23.2 Å². The molecule has 13 heteroatoms. The molecule has 164 valence electrons. The molecule has 0 aliphatic carbocycles. The molecule has 0 bridgehead atoms. The van der Waals surface area contributed by atoms with E-state index < -0.39 is 54.4 Å². The van der Waals surface area contributed by atoms with Gasteiger partial charge in [0.1, 0.15) is 0 Å². The number of benzene rings is 2. The highest BCUT2D eigenvalue weighted by Gasteiger charge is 2.34. The van der Waals surface area contributed by atoms with Crippen LogP contribution in [0.15, 0.2) is 46.2 Å². The van der Waals surface area contributed by atoms with Crippen molar-refractivity contribution in [2.45, 2.75) is 22.9 Å². The Kier molecular flexibility index (Phi) is 7.44. The van der Waals surface area contributed by atoms with E-state index in [4.69, 9.17) is 28.3 Å². The smallest absolute Gasteiger partial charge is 0.417 e. The maximum absolute atomic E-state index is 13.0. The van der Waals surface area contributed by atoms with Gasteiger partial charge in [-0.2, -0.15) is 13.2 Å². The topological polar surface area (TPSA) is 101 Å². The van der Waals surface area contributed by atoms with Crippen molar-refractivity contribution in [3.8, 4) is 0 Å². The van der Waals surface area contributed by atoms with Gasteiger partial charge in [0.15, 0.2) is 0 Å². The van der Waals surface area contributed by atoms with Gasteiger partial charge in [-0.15, -0.1) is 0 Å². The van der Waals surface area contributed by atoms with Crippen molar-refractivity contribution >= 4 is 55.7 Å². The zero-order valence-corrected chi connectivity index (χ0v) is 18.2. The van der Waals surface area contributed by atoms with Crippen LogP contribution in [0, 0.1) is 5.92 Å². The van der Waals surface area contributed by atoms with E-state index in [9.17, 15) is 30.6 Å². The largest absolute Gasteiger partial charge is 0.481 e. The minimum atomic E-state index is -4.88. The lowest BCUT2D eigenvalue weighted by Gasteiger charge is -2.15. The van der Waals surface area contributed by atoms with E-state index in [1.807, 2.05) is 0 Å². The number of anilines is 1. The first-order valence-electron chi connectivity index (χ1n) is 8.02. The molecular formula is C17H14Cl2F3NO5S2. The fourth-order valence-corrected chi connectivity index (χ4v) is 5.17. The third kappa shape index (κ3) is 5.87. The van der Waals surface area contributed by atoms with Crippen molar-refractivity contribution in [1.82, 2.24) is 0 Å². The van der Waals surface area contributed by atoms with E-state index in [1.165, 1.54) is 19.1 Å². The molecule has 0 amide bonds. The minimum Gasteiger partial charge on any atom is -0.481 e. The molecule has 30 heavy (non-hydrogen) atoms. The summed E-state index contributed by atoms with van der Waals surface area (Å²) in [6, 6.07) is 5.74. The van der Waals surface area contributed by atoms with Gasteiger partial charge in [0, 0.05) is 10.8 Å². The predicted octanol–water partition coefficient (Wildman–Crippen LogP) is 4.64. The number of halogens is 5. The molecule has 0 spiro atoms. The number of nitrogens with one attached hydrogen (secondary N) is 1. The molecule has 2 unspecified atom stereocenters. The Morgan fingerprint density at radius 1 is 1.20 bits per heavy atom. The number of carbonyl (C=O) groups is 1. The van der Waals surface area contributed by atoms with Gasteiger partial charge in [-0.25, -0.2) is 8.42 Å². The Hall–Kier alpha value is -1.82. The molecule has 0 aliphatic heterocycles. The highest BCUT2D eigenvalue weighted by molar-refractivity contribution is 7.92. The first-order chi connectivity index (χ1) is 13.7. The van der Waals surface area contributed by atoms with E-state index in [1.54, 1.807) is 0 Å². The third-order valence-corrected chi connectivity index (χ3v) is 7.38. The molecule has 0 aliphatic rings. The molecular weight excluding hydrogens is 490 g/mol. The quantitative estimate of drug-likeness (QED) is 0.572. The first-order valence-corrected chi connectivity index (χ1v) is 11.6. The SMILES string of the molecule is CC(CS(=O)c1ccc(Cl)cc1NS(=O)(=O)c1ccc(Cl)c(C(F)(F)F)c1)C(=O)O. The zero-order chi connectivity index (χ0) is 22.9. The number of sulfonamides is 1. The van der Waals surface area contributed by atoms with Crippen LogP contribution in [-0.4, -0.2) is 29.5 Å². The lowest BCUT2D eigenvalue weighted by atomic mass is 10.2. The highest BCUT2D eigenvalue weighted by atomic mass is 35.5. The second-order valence-electron chi connectivity index (χ2n) is 6.14.